The summed E-state index contributed by atoms with van der Waals surface area (Å²) in [5.74, 6) is 3.82. The molecular formula is C17H10Cl2O3. The van der Waals surface area contributed by atoms with E-state index in [9.17, 15) is 9.59 Å². The highest BCUT2D eigenvalue weighted by atomic mass is 35.5. The first kappa shape index (κ1) is 16.1. The molecule has 0 fully saturated rings. The Morgan fingerprint density at radius 1 is 1.00 bits per heavy atom. The van der Waals surface area contributed by atoms with Crippen LogP contribution in [0.4, 0.5) is 0 Å². The number of ether oxygens (including phenoxy) is 1. The zero-order chi connectivity index (χ0) is 15.9. The largest absolute Gasteiger partial charge is 0.448 e. The van der Waals surface area contributed by atoms with Gasteiger partial charge in [0.1, 0.15) is 0 Å². The van der Waals surface area contributed by atoms with Crippen molar-refractivity contribution in [2.45, 2.75) is 0 Å². The lowest BCUT2D eigenvalue weighted by molar-refractivity contribution is -0.135. The molecule has 2 rings (SSSR count). The van der Waals surface area contributed by atoms with E-state index in [0.29, 0.717) is 16.1 Å². The molecule has 0 saturated heterocycles. The van der Waals surface area contributed by atoms with Crippen LogP contribution in [0.1, 0.15) is 15.9 Å². The van der Waals surface area contributed by atoms with E-state index in [-0.39, 0.29) is 10.8 Å². The number of hydrogen-bond acceptors (Lipinski definition) is 3. The zero-order valence-electron chi connectivity index (χ0n) is 11.3. The van der Waals surface area contributed by atoms with Crippen LogP contribution in [0.25, 0.3) is 0 Å². The third-order valence-corrected chi connectivity index (χ3v) is 3.40. The van der Waals surface area contributed by atoms with Crippen LogP contribution in [0.15, 0.2) is 48.5 Å². The highest BCUT2D eigenvalue weighted by Crippen LogP contribution is 2.22. The molecular weight excluding hydrogens is 323 g/mol. The lowest BCUT2D eigenvalue weighted by Crippen LogP contribution is -2.12. The fraction of sp³-hybridized carbons (Fsp3) is 0.0588. The normalized spacial score (nSPS) is 9.55. The minimum Gasteiger partial charge on any atom is -0.448 e. The lowest BCUT2D eigenvalue weighted by atomic mass is 10.1. The van der Waals surface area contributed by atoms with Crippen molar-refractivity contribution in [1.29, 1.82) is 0 Å². The summed E-state index contributed by atoms with van der Waals surface area (Å²) >= 11 is 11.6. The smallest absolute Gasteiger partial charge is 0.385 e. The van der Waals surface area contributed by atoms with Crippen molar-refractivity contribution >= 4 is 35.0 Å². The van der Waals surface area contributed by atoms with Gasteiger partial charge in [-0.1, -0.05) is 47.3 Å². The molecule has 0 aromatic heterocycles. The standard InChI is InChI=1S/C17H10Cl2O3/c18-14-8-7-13(10-15(14)19)16(20)11-22-17(21)9-6-12-4-2-1-3-5-12/h1-5,7-8,10H,11H2. The van der Waals surface area contributed by atoms with Crippen molar-refractivity contribution in [1.82, 2.24) is 0 Å². The minimum atomic E-state index is -0.766. The summed E-state index contributed by atoms with van der Waals surface area (Å²) in [5.41, 5.74) is 1.01. The van der Waals surface area contributed by atoms with Gasteiger partial charge in [-0.15, -0.1) is 0 Å². The predicted octanol–water partition coefficient (Wildman–Crippen LogP) is 3.77. The van der Waals surface area contributed by atoms with Gasteiger partial charge in [0.15, 0.2) is 12.4 Å². The van der Waals surface area contributed by atoms with Crippen molar-refractivity contribution in [3.05, 3.63) is 69.7 Å². The van der Waals surface area contributed by atoms with Crippen LogP contribution in [0, 0.1) is 11.8 Å². The highest BCUT2D eigenvalue weighted by Gasteiger charge is 2.10. The fourth-order valence-electron chi connectivity index (χ4n) is 1.56. The first-order valence-electron chi connectivity index (χ1n) is 6.28. The van der Waals surface area contributed by atoms with Crippen LogP contribution < -0.4 is 0 Å². The maximum atomic E-state index is 11.9. The number of rotatable bonds is 3. The second-order valence-electron chi connectivity index (χ2n) is 4.24. The molecule has 2 aromatic rings. The van der Waals surface area contributed by atoms with Gasteiger partial charge in [-0.05, 0) is 30.3 Å². The Balaban J connectivity index is 1.92. The molecule has 0 heterocycles. The Kier molecular flexibility index (Phi) is 5.60. The van der Waals surface area contributed by atoms with E-state index in [1.54, 1.807) is 12.1 Å². The molecule has 0 bridgehead atoms. The summed E-state index contributed by atoms with van der Waals surface area (Å²) in [6.07, 6.45) is 0. The number of hydrogen-bond donors (Lipinski definition) is 0. The summed E-state index contributed by atoms with van der Waals surface area (Å²) in [4.78, 5) is 23.3. The monoisotopic (exact) mass is 332 g/mol. The number of carbonyl (C=O) groups is 2. The average Bonchev–Trinajstić information content (AvgIpc) is 2.54. The van der Waals surface area contributed by atoms with Gasteiger partial charge in [0.05, 0.1) is 10.0 Å². The van der Waals surface area contributed by atoms with Crippen LogP contribution in [-0.4, -0.2) is 18.4 Å². The summed E-state index contributed by atoms with van der Waals surface area (Å²) in [5, 5.41) is 0.617. The minimum absolute atomic E-state index is 0.266. The van der Waals surface area contributed by atoms with E-state index in [4.69, 9.17) is 27.9 Å². The molecule has 0 aliphatic carbocycles. The van der Waals surface area contributed by atoms with Crippen LogP contribution in [0.3, 0.4) is 0 Å². The lowest BCUT2D eigenvalue weighted by Gasteiger charge is -2.02. The number of benzene rings is 2. The topological polar surface area (TPSA) is 43.4 Å². The van der Waals surface area contributed by atoms with Gasteiger partial charge >= 0.3 is 5.97 Å². The van der Waals surface area contributed by atoms with Crippen molar-refractivity contribution in [3.63, 3.8) is 0 Å². The number of halogens is 2. The molecule has 0 aliphatic heterocycles. The van der Waals surface area contributed by atoms with E-state index in [2.05, 4.69) is 11.8 Å². The van der Waals surface area contributed by atoms with Gasteiger partial charge in [0.25, 0.3) is 0 Å². The summed E-state index contributed by atoms with van der Waals surface area (Å²) in [6, 6.07) is 13.4. The third-order valence-electron chi connectivity index (χ3n) is 2.66. The van der Waals surface area contributed by atoms with Gasteiger partial charge in [-0.2, -0.15) is 0 Å². The quantitative estimate of drug-likeness (QED) is 0.488. The first-order chi connectivity index (χ1) is 10.6. The molecule has 0 N–H and O–H groups in total. The second-order valence-corrected chi connectivity index (χ2v) is 5.06. The van der Waals surface area contributed by atoms with Crippen molar-refractivity contribution < 1.29 is 14.3 Å². The Morgan fingerprint density at radius 2 is 1.73 bits per heavy atom. The van der Waals surface area contributed by atoms with Crippen LogP contribution in [-0.2, 0) is 9.53 Å². The maximum absolute atomic E-state index is 11.9. The molecule has 2 aromatic carbocycles. The molecule has 0 atom stereocenters. The van der Waals surface area contributed by atoms with Crippen molar-refractivity contribution in [2.75, 3.05) is 6.61 Å². The van der Waals surface area contributed by atoms with E-state index >= 15 is 0 Å². The Hall–Kier alpha value is -2.28. The van der Waals surface area contributed by atoms with Crippen LogP contribution in [0.5, 0.6) is 0 Å². The SMILES string of the molecule is O=C(C#Cc1ccccc1)OCC(=O)c1ccc(Cl)c(Cl)c1. The van der Waals surface area contributed by atoms with Gasteiger partial charge in [0, 0.05) is 17.0 Å². The molecule has 0 unspecified atom stereocenters. The first-order valence-corrected chi connectivity index (χ1v) is 7.04. The number of carbonyl (C=O) groups excluding carboxylic acids is 2. The van der Waals surface area contributed by atoms with E-state index < -0.39 is 12.6 Å². The molecule has 0 spiro atoms. The zero-order valence-corrected chi connectivity index (χ0v) is 12.8. The summed E-state index contributed by atoms with van der Waals surface area (Å²) in [6.45, 7) is -0.403. The predicted molar refractivity (Wildman–Crippen MR) is 85.1 cm³/mol. The molecule has 0 radical (unpaired) electrons. The van der Waals surface area contributed by atoms with Gasteiger partial charge in [0.2, 0.25) is 0 Å². The van der Waals surface area contributed by atoms with Gasteiger partial charge < -0.3 is 4.74 Å². The van der Waals surface area contributed by atoms with Crippen LogP contribution in [0.2, 0.25) is 10.0 Å². The molecule has 3 nitrogen and oxygen atoms in total. The highest BCUT2D eigenvalue weighted by molar-refractivity contribution is 6.42. The molecule has 0 saturated carbocycles. The second kappa shape index (κ2) is 7.65. The Morgan fingerprint density at radius 3 is 2.41 bits per heavy atom. The molecule has 110 valence electrons. The summed E-state index contributed by atoms with van der Waals surface area (Å²) in [7, 11) is 0. The molecule has 0 amide bonds. The maximum Gasteiger partial charge on any atom is 0.385 e. The van der Waals surface area contributed by atoms with Gasteiger partial charge in [-0.3, -0.25) is 4.79 Å². The van der Waals surface area contributed by atoms with Crippen LogP contribution >= 0.6 is 23.2 Å². The molecule has 0 aliphatic rings. The fourth-order valence-corrected chi connectivity index (χ4v) is 1.86. The van der Waals surface area contributed by atoms with E-state index in [1.165, 1.54) is 18.2 Å². The Bertz CT molecular complexity index is 758. The number of ketones is 1. The third kappa shape index (κ3) is 4.63. The average molecular weight is 333 g/mol. The van der Waals surface area contributed by atoms with Gasteiger partial charge in [-0.25, -0.2) is 4.79 Å². The molecule has 22 heavy (non-hydrogen) atoms. The van der Waals surface area contributed by atoms with Crippen molar-refractivity contribution in [3.8, 4) is 11.8 Å². The number of esters is 1. The summed E-state index contributed by atoms with van der Waals surface area (Å²) < 4.78 is 4.81. The van der Waals surface area contributed by atoms with E-state index in [1.807, 2.05) is 18.2 Å². The Labute approximate surface area is 137 Å². The number of Topliss-reactive ketones (excluding diaryl/α,β-unsaturated/α-hetero) is 1. The van der Waals surface area contributed by atoms with Crippen molar-refractivity contribution in [2.24, 2.45) is 0 Å². The molecule has 5 heteroatoms. The van der Waals surface area contributed by atoms with E-state index in [0.717, 1.165) is 0 Å².